The first-order chi connectivity index (χ1) is 18.1. The first-order valence-electron chi connectivity index (χ1n) is 13.2. The lowest BCUT2D eigenvalue weighted by atomic mass is 9.89. The molecule has 0 unspecified atom stereocenters. The summed E-state index contributed by atoms with van der Waals surface area (Å²) in [6, 6.07) is 16.5. The molecule has 1 saturated heterocycles. The summed E-state index contributed by atoms with van der Waals surface area (Å²) in [5.41, 5.74) is 6.08. The van der Waals surface area contributed by atoms with Crippen molar-refractivity contribution in [2.24, 2.45) is 10.9 Å². The molecule has 7 heteroatoms. The smallest absolute Gasteiger partial charge is 0.130 e. The van der Waals surface area contributed by atoms with Crippen molar-refractivity contribution in [3.05, 3.63) is 80.8 Å². The van der Waals surface area contributed by atoms with Crippen LogP contribution in [0.25, 0.3) is 0 Å². The minimum atomic E-state index is 0.471. The maximum atomic E-state index is 9.06. The molecule has 1 aromatic carbocycles. The van der Waals surface area contributed by atoms with Gasteiger partial charge >= 0.3 is 0 Å². The number of likely N-dealkylation sites (tertiary alicyclic amines) is 1. The number of benzene rings is 1. The Morgan fingerprint density at radius 2 is 2.00 bits per heavy atom. The molecule has 0 atom stereocenters. The summed E-state index contributed by atoms with van der Waals surface area (Å²) in [7, 11) is 4.21. The van der Waals surface area contributed by atoms with E-state index in [4.69, 9.17) is 15.0 Å². The fourth-order valence-corrected chi connectivity index (χ4v) is 6.22. The molecule has 0 radical (unpaired) electrons. The highest BCUT2D eigenvalue weighted by molar-refractivity contribution is 7.12. The minimum Gasteiger partial charge on any atom is -0.487 e. The van der Waals surface area contributed by atoms with Crippen LogP contribution in [-0.2, 0) is 26.2 Å². The number of fused-ring (bicyclic) bond motifs is 1. The van der Waals surface area contributed by atoms with Crippen molar-refractivity contribution in [2.45, 2.75) is 51.9 Å². The lowest BCUT2D eigenvalue weighted by Gasteiger charge is -2.31. The largest absolute Gasteiger partial charge is 0.487 e. The van der Waals surface area contributed by atoms with E-state index in [2.05, 4.69) is 53.1 Å². The van der Waals surface area contributed by atoms with E-state index in [0.717, 1.165) is 61.4 Å². The zero-order valence-electron chi connectivity index (χ0n) is 21.8. The molecule has 2 aromatic heterocycles. The third kappa shape index (κ3) is 6.45. The molecule has 0 bridgehead atoms. The highest BCUT2D eigenvalue weighted by atomic mass is 32.1. The standard InChI is InChI=1S/C30H35N5OS/c1-34(2)20-28-27-18-33-29(26(27)9-11-30(28)36-21-23-5-3-4-14-32-23)10-6-22-12-15-35(16-13-22)19-25-8-7-24(17-31)37-25/h3-5,7-9,11,14,22H,6,10,12-13,15-16,18-21H2,1-2H3. The van der Waals surface area contributed by atoms with Crippen LogP contribution in [0.1, 0.15) is 57.8 Å². The van der Waals surface area contributed by atoms with Gasteiger partial charge in [0.05, 0.1) is 12.2 Å². The van der Waals surface area contributed by atoms with Crippen LogP contribution in [0.15, 0.2) is 53.7 Å². The second kappa shape index (κ2) is 12.0. The van der Waals surface area contributed by atoms with Gasteiger partial charge in [0, 0.05) is 41.0 Å². The summed E-state index contributed by atoms with van der Waals surface area (Å²) in [6.07, 6.45) is 6.53. The predicted octanol–water partition coefficient (Wildman–Crippen LogP) is 5.65. The van der Waals surface area contributed by atoms with E-state index in [1.54, 1.807) is 17.5 Å². The summed E-state index contributed by atoms with van der Waals surface area (Å²) in [4.78, 5) is 16.2. The van der Waals surface area contributed by atoms with E-state index in [-0.39, 0.29) is 0 Å². The van der Waals surface area contributed by atoms with E-state index < -0.39 is 0 Å². The van der Waals surface area contributed by atoms with Gasteiger partial charge in [-0.05, 0) is 101 Å². The molecule has 1 fully saturated rings. The third-order valence-electron chi connectivity index (χ3n) is 7.35. The number of hydrogen-bond donors (Lipinski definition) is 0. The fourth-order valence-electron chi connectivity index (χ4n) is 5.37. The Morgan fingerprint density at radius 3 is 2.73 bits per heavy atom. The molecule has 2 aliphatic rings. The van der Waals surface area contributed by atoms with Gasteiger partial charge in [0.1, 0.15) is 23.3 Å². The van der Waals surface area contributed by atoms with Crippen LogP contribution < -0.4 is 4.74 Å². The average Bonchev–Trinajstić information content (AvgIpc) is 3.55. The van der Waals surface area contributed by atoms with Crippen LogP contribution in [0.4, 0.5) is 0 Å². The molecular weight excluding hydrogens is 478 g/mol. The van der Waals surface area contributed by atoms with Crippen molar-refractivity contribution in [1.82, 2.24) is 14.8 Å². The summed E-state index contributed by atoms with van der Waals surface area (Å²) >= 11 is 1.62. The zero-order valence-corrected chi connectivity index (χ0v) is 22.6. The molecule has 6 nitrogen and oxygen atoms in total. The molecule has 0 aliphatic carbocycles. The second-order valence-electron chi connectivity index (χ2n) is 10.3. The second-order valence-corrected chi connectivity index (χ2v) is 11.5. The number of pyridine rings is 1. The Bertz CT molecular complexity index is 1270. The van der Waals surface area contributed by atoms with Gasteiger partial charge in [0.25, 0.3) is 0 Å². The Hall–Kier alpha value is -3.05. The molecular formula is C30H35N5OS. The molecule has 37 heavy (non-hydrogen) atoms. The van der Waals surface area contributed by atoms with E-state index in [1.807, 2.05) is 24.3 Å². The molecule has 3 aromatic rings. The monoisotopic (exact) mass is 513 g/mol. The molecule has 0 spiro atoms. The van der Waals surface area contributed by atoms with Crippen LogP contribution in [0.3, 0.4) is 0 Å². The van der Waals surface area contributed by atoms with Crippen LogP contribution in [-0.4, -0.2) is 47.7 Å². The Morgan fingerprint density at radius 1 is 1.14 bits per heavy atom. The first-order valence-corrected chi connectivity index (χ1v) is 14.0. The van der Waals surface area contributed by atoms with E-state index in [0.29, 0.717) is 6.61 Å². The number of aromatic nitrogens is 1. The number of ether oxygens (including phenoxy) is 1. The number of piperidine rings is 1. The van der Waals surface area contributed by atoms with Crippen molar-refractivity contribution in [3.8, 4) is 11.8 Å². The predicted molar refractivity (Wildman–Crippen MR) is 149 cm³/mol. The number of nitriles is 1. The normalized spacial score (nSPS) is 16.0. The topological polar surface area (TPSA) is 64.8 Å². The Kier molecular flexibility index (Phi) is 8.30. The van der Waals surface area contributed by atoms with Gasteiger partial charge in [-0.2, -0.15) is 5.26 Å². The summed E-state index contributed by atoms with van der Waals surface area (Å²) < 4.78 is 6.24. The van der Waals surface area contributed by atoms with Crippen molar-refractivity contribution < 1.29 is 4.74 Å². The van der Waals surface area contributed by atoms with E-state index in [1.165, 1.54) is 46.5 Å². The number of aliphatic imine (C=N–C) groups is 1. The summed E-state index contributed by atoms with van der Waals surface area (Å²) in [6.45, 7) is 5.30. The first kappa shape index (κ1) is 25.6. The fraction of sp³-hybridized carbons (Fsp3) is 0.433. The number of nitrogens with zero attached hydrogens (tertiary/aromatic N) is 5. The lowest BCUT2D eigenvalue weighted by molar-refractivity contribution is 0.175. The lowest BCUT2D eigenvalue weighted by Crippen LogP contribution is -2.33. The van der Waals surface area contributed by atoms with Gasteiger partial charge < -0.3 is 9.64 Å². The quantitative estimate of drug-likeness (QED) is 0.351. The van der Waals surface area contributed by atoms with Crippen molar-refractivity contribution in [3.63, 3.8) is 0 Å². The van der Waals surface area contributed by atoms with Crippen LogP contribution >= 0.6 is 11.3 Å². The molecule has 192 valence electrons. The van der Waals surface area contributed by atoms with Crippen LogP contribution in [0.5, 0.6) is 5.75 Å². The maximum Gasteiger partial charge on any atom is 0.130 e. The molecule has 4 heterocycles. The van der Waals surface area contributed by atoms with Crippen molar-refractivity contribution in [2.75, 3.05) is 27.2 Å². The Balaban J connectivity index is 1.17. The summed E-state index contributed by atoms with van der Waals surface area (Å²) in [5.74, 6) is 1.69. The summed E-state index contributed by atoms with van der Waals surface area (Å²) in [5, 5.41) is 9.06. The minimum absolute atomic E-state index is 0.471. The molecule has 0 N–H and O–H groups in total. The number of hydrogen-bond acceptors (Lipinski definition) is 7. The molecule has 0 amide bonds. The van der Waals surface area contributed by atoms with Crippen molar-refractivity contribution in [1.29, 1.82) is 5.26 Å². The molecule has 0 saturated carbocycles. The van der Waals surface area contributed by atoms with Crippen molar-refractivity contribution >= 4 is 17.0 Å². The zero-order chi connectivity index (χ0) is 25.6. The maximum absolute atomic E-state index is 9.06. The van der Waals surface area contributed by atoms with Gasteiger partial charge in [0.15, 0.2) is 0 Å². The van der Waals surface area contributed by atoms with E-state index in [9.17, 15) is 0 Å². The van der Waals surface area contributed by atoms with Gasteiger partial charge in [-0.25, -0.2) is 0 Å². The highest BCUT2D eigenvalue weighted by Gasteiger charge is 2.25. The number of rotatable bonds is 10. The van der Waals surface area contributed by atoms with Crippen LogP contribution in [0, 0.1) is 17.2 Å². The molecule has 5 rings (SSSR count). The van der Waals surface area contributed by atoms with Gasteiger partial charge in [-0.3, -0.25) is 14.9 Å². The third-order valence-corrected chi connectivity index (χ3v) is 8.33. The van der Waals surface area contributed by atoms with Gasteiger partial charge in [0.2, 0.25) is 0 Å². The van der Waals surface area contributed by atoms with E-state index >= 15 is 0 Å². The van der Waals surface area contributed by atoms with Gasteiger partial charge in [-0.1, -0.05) is 6.07 Å². The number of thiophene rings is 1. The highest BCUT2D eigenvalue weighted by Crippen LogP contribution is 2.34. The van der Waals surface area contributed by atoms with Crippen LogP contribution in [0.2, 0.25) is 0 Å². The average molecular weight is 514 g/mol. The molecule has 2 aliphatic heterocycles. The Labute approximate surface area is 224 Å². The van der Waals surface area contributed by atoms with Gasteiger partial charge in [-0.15, -0.1) is 11.3 Å². The SMILES string of the molecule is CN(C)Cc1c(OCc2ccccn2)ccc2c1CN=C2CCC1CCN(Cc2ccc(C#N)s2)CC1.